The zero-order valence-electron chi connectivity index (χ0n) is 10.3. The largest absolute Gasteiger partial charge is 0.376 e. The molecule has 1 amide bonds. The van der Waals surface area contributed by atoms with Crippen molar-refractivity contribution < 1.29 is 14.5 Å². The second-order valence-corrected chi connectivity index (χ2v) is 4.78. The molecule has 2 unspecified atom stereocenters. The number of halogens is 1. The van der Waals surface area contributed by atoms with E-state index in [4.69, 9.17) is 16.3 Å². The molecule has 1 saturated heterocycles. The maximum absolute atomic E-state index is 12.0. The maximum Gasteiger partial charge on any atom is 0.287 e. The number of carbonyl (C=O) groups is 1. The zero-order chi connectivity index (χ0) is 14.0. The van der Waals surface area contributed by atoms with Gasteiger partial charge in [-0.3, -0.25) is 14.9 Å². The highest BCUT2D eigenvalue weighted by molar-refractivity contribution is 6.33. The molecule has 1 fully saturated rings. The van der Waals surface area contributed by atoms with E-state index in [1.807, 2.05) is 6.92 Å². The quantitative estimate of drug-likeness (QED) is 0.681. The van der Waals surface area contributed by atoms with Crippen LogP contribution in [0.5, 0.6) is 0 Å². The predicted octanol–water partition coefficient (Wildman–Crippen LogP) is 2.16. The fourth-order valence-corrected chi connectivity index (χ4v) is 2.22. The van der Waals surface area contributed by atoms with Gasteiger partial charge in [0, 0.05) is 18.2 Å². The number of rotatable bonds is 3. The highest BCUT2D eigenvalue weighted by atomic mass is 35.5. The summed E-state index contributed by atoms with van der Waals surface area (Å²) in [6, 6.07) is 3.88. The molecule has 2 atom stereocenters. The molecule has 0 saturated carbocycles. The van der Waals surface area contributed by atoms with Crippen LogP contribution < -0.4 is 5.32 Å². The second-order valence-electron chi connectivity index (χ2n) is 4.37. The number of nitro groups is 1. The fraction of sp³-hybridized carbons (Fsp3) is 0.417. The van der Waals surface area contributed by atoms with E-state index < -0.39 is 4.92 Å². The van der Waals surface area contributed by atoms with Crippen molar-refractivity contribution >= 4 is 23.2 Å². The van der Waals surface area contributed by atoms with Crippen molar-refractivity contribution in [2.24, 2.45) is 0 Å². The molecule has 1 heterocycles. The number of nitrogens with one attached hydrogen (secondary N) is 1. The summed E-state index contributed by atoms with van der Waals surface area (Å²) >= 11 is 5.77. The van der Waals surface area contributed by atoms with Gasteiger partial charge in [-0.25, -0.2) is 0 Å². The van der Waals surface area contributed by atoms with Crippen LogP contribution in [0.15, 0.2) is 18.2 Å². The molecule has 1 N–H and O–H groups in total. The highest BCUT2D eigenvalue weighted by Crippen LogP contribution is 2.25. The van der Waals surface area contributed by atoms with Gasteiger partial charge < -0.3 is 10.1 Å². The number of hydrogen-bond acceptors (Lipinski definition) is 4. The summed E-state index contributed by atoms with van der Waals surface area (Å²) in [5.41, 5.74) is 0.0884. The van der Waals surface area contributed by atoms with E-state index in [0.29, 0.717) is 12.2 Å². The van der Waals surface area contributed by atoms with Crippen LogP contribution in [0.25, 0.3) is 0 Å². The van der Waals surface area contributed by atoms with Crippen LogP contribution in [0, 0.1) is 10.1 Å². The van der Waals surface area contributed by atoms with E-state index >= 15 is 0 Å². The van der Waals surface area contributed by atoms with Crippen molar-refractivity contribution in [2.75, 3.05) is 6.61 Å². The molecule has 0 aromatic heterocycles. The van der Waals surface area contributed by atoms with Gasteiger partial charge in [-0.05, 0) is 25.5 Å². The van der Waals surface area contributed by atoms with Gasteiger partial charge in [0.15, 0.2) is 0 Å². The number of amides is 1. The SMILES string of the molecule is CC1OCCC1NC(=O)c1ccc([N+](=O)[O-])c(Cl)c1. The van der Waals surface area contributed by atoms with Crippen LogP contribution in [0.3, 0.4) is 0 Å². The van der Waals surface area contributed by atoms with Crippen LogP contribution in [0.4, 0.5) is 5.69 Å². The Morgan fingerprint density at radius 1 is 1.58 bits per heavy atom. The van der Waals surface area contributed by atoms with E-state index in [1.165, 1.54) is 18.2 Å². The summed E-state index contributed by atoms with van der Waals surface area (Å²) in [5.74, 6) is -0.306. The van der Waals surface area contributed by atoms with E-state index in [1.54, 1.807) is 0 Å². The first-order chi connectivity index (χ1) is 8.99. The standard InChI is InChI=1S/C12H13ClN2O4/c1-7-10(4-5-19-7)14-12(16)8-2-3-11(15(17)18)9(13)6-8/h2-3,6-7,10H,4-5H2,1H3,(H,14,16). The first-order valence-corrected chi connectivity index (χ1v) is 6.23. The molecule has 1 aromatic carbocycles. The van der Waals surface area contributed by atoms with Crippen molar-refractivity contribution in [2.45, 2.75) is 25.5 Å². The van der Waals surface area contributed by atoms with Crippen molar-refractivity contribution in [3.8, 4) is 0 Å². The molecular weight excluding hydrogens is 272 g/mol. The Labute approximate surface area is 114 Å². The summed E-state index contributed by atoms with van der Waals surface area (Å²) in [7, 11) is 0. The van der Waals surface area contributed by atoms with Crippen LogP contribution >= 0.6 is 11.6 Å². The third-order valence-corrected chi connectivity index (χ3v) is 3.40. The van der Waals surface area contributed by atoms with Crippen molar-refractivity contribution in [1.82, 2.24) is 5.32 Å². The third kappa shape index (κ3) is 3.02. The third-order valence-electron chi connectivity index (χ3n) is 3.10. The Hall–Kier alpha value is -1.66. The van der Waals surface area contributed by atoms with E-state index in [2.05, 4.69) is 5.32 Å². The Balaban J connectivity index is 2.11. The van der Waals surface area contributed by atoms with Crippen molar-refractivity contribution in [1.29, 1.82) is 0 Å². The Bertz CT molecular complexity index is 520. The number of nitrogens with zero attached hydrogens (tertiary/aromatic N) is 1. The molecule has 1 aliphatic rings. The molecule has 0 aliphatic carbocycles. The minimum Gasteiger partial charge on any atom is -0.376 e. The van der Waals surface area contributed by atoms with E-state index in [0.717, 1.165) is 6.42 Å². The number of nitro benzene ring substituents is 1. The highest BCUT2D eigenvalue weighted by Gasteiger charge is 2.26. The lowest BCUT2D eigenvalue weighted by Crippen LogP contribution is -2.39. The molecule has 1 aliphatic heterocycles. The Morgan fingerprint density at radius 2 is 2.32 bits per heavy atom. The number of hydrogen-bond donors (Lipinski definition) is 1. The topological polar surface area (TPSA) is 81.5 Å². The van der Waals surface area contributed by atoms with Gasteiger partial charge in [-0.1, -0.05) is 11.6 Å². The van der Waals surface area contributed by atoms with Gasteiger partial charge in [0.05, 0.1) is 17.1 Å². The van der Waals surface area contributed by atoms with E-state index in [9.17, 15) is 14.9 Å². The average molecular weight is 285 g/mol. The first kappa shape index (κ1) is 13.8. The number of benzene rings is 1. The van der Waals surface area contributed by atoms with Crippen molar-refractivity contribution in [3.63, 3.8) is 0 Å². The Kier molecular flexibility index (Phi) is 4.01. The summed E-state index contributed by atoms with van der Waals surface area (Å²) < 4.78 is 5.35. The van der Waals surface area contributed by atoms with Gasteiger partial charge in [0.25, 0.3) is 11.6 Å². The molecule has 7 heteroatoms. The second kappa shape index (κ2) is 5.54. The average Bonchev–Trinajstić information content (AvgIpc) is 2.74. The monoisotopic (exact) mass is 284 g/mol. The van der Waals surface area contributed by atoms with Crippen LogP contribution in [-0.2, 0) is 4.74 Å². The minimum absolute atomic E-state index is 0.0301. The van der Waals surface area contributed by atoms with Crippen LogP contribution in [-0.4, -0.2) is 29.6 Å². The number of carbonyl (C=O) groups excluding carboxylic acids is 1. The fourth-order valence-electron chi connectivity index (χ4n) is 1.97. The lowest BCUT2D eigenvalue weighted by molar-refractivity contribution is -0.384. The molecular formula is C12H13ClN2O4. The van der Waals surface area contributed by atoms with Crippen LogP contribution in [0.1, 0.15) is 23.7 Å². The lowest BCUT2D eigenvalue weighted by atomic mass is 10.1. The molecule has 6 nitrogen and oxygen atoms in total. The minimum atomic E-state index is -0.586. The van der Waals surface area contributed by atoms with Crippen molar-refractivity contribution in [3.05, 3.63) is 38.9 Å². The lowest BCUT2D eigenvalue weighted by Gasteiger charge is -2.15. The normalized spacial score (nSPS) is 22.2. The number of ether oxygens (including phenoxy) is 1. The predicted molar refractivity (Wildman–Crippen MR) is 69.4 cm³/mol. The van der Waals surface area contributed by atoms with E-state index in [-0.39, 0.29) is 28.8 Å². The molecule has 2 rings (SSSR count). The molecule has 0 bridgehead atoms. The van der Waals surface area contributed by atoms with Gasteiger partial charge >= 0.3 is 0 Å². The molecule has 0 spiro atoms. The molecule has 1 aromatic rings. The van der Waals surface area contributed by atoms with Gasteiger partial charge in [0.2, 0.25) is 0 Å². The first-order valence-electron chi connectivity index (χ1n) is 5.85. The van der Waals surface area contributed by atoms with Gasteiger partial charge in [-0.15, -0.1) is 0 Å². The zero-order valence-corrected chi connectivity index (χ0v) is 11.0. The summed E-state index contributed by atoms with van der Waals surface area (Å²) in [6.45, 7) is 2.51. The summed E-state index contributed by atoms with van der Waals surface area (Å²) in [4.78, 5) is 22.0. The Morgan fingerprint density at radius 3 is 2.84 bits per heavy atom. The molecule has 19 heavy (non-hydrogen) atoms. The molecule has 102 valence electrons. The smallest absolute Gasteiger partial charge is 0.287 e. The summed E-state index contributed by atoms with van der Waals surface area (Å²) in [6.07, 6.45) is 0.727. The summed E-state index contributed by atoms with van der Waals surface area (Å²) in [5, 5.41) is 13.4. The molecule has 0 radical (unpaired) electrons. The van der Waals surface area contributed by atoms with Gasteiger partial charge in [0.1, 0.15) is 5.02 Å². The van der Waals surface area contributed by atoms with Crippen LogP contribution in [0.2, 0.25) is 5.02 Å². The van der Waals surface area contributed by atoms with Gasteiger partial charge in [-0.2, -0.15) is 0 Å². The maximum atomic E-state index is 12.0.